The number of ether oxygens (including phenoxy) is 1. The maximum Gasteiger partial charge on any atom is 0.0502 e. The van der Waals surface area contributed by atoms with E-state index in [4.69, 9.17) is 4.74 Å². The molecule has 2 rings (SSSR count). The normalized spacial score (nSPS) is 13.9. The summed E-state index contributed by atoms with van der Waals surface area (Å²) in [5.41, 5.74) is 4.23. The minimum Gasteiger partial charge on any atom is -0.384 e. The van der Waals surface area contributed by atoms with Gasteiger partial charge in [0.1, 0.15) is 0 Å². The zero-order valence-electron chi connectivity index (χ0n) is 7.97. The van der Waals surface area contributed by atoms with E-state index >= 15 is 0 Å². The van der Waals surface area contributed by atoms with Crippen LogP contribution in [0.1, 0.15) is 11.1 Å². The molecule has 0 bridgehead atoms. The van der Waals surface area contributed by atoms with E-state index in [0.29, 0.717) is 0 Å². The topological polar surface area (TPSA) is 21.3 Å². The lowest BCUT2D eigenvalue weighted by atomic mass is 10.0. The van der Waals surface area contributed by atoms with E-state index in [2.05, 4.69) is 23.5 Å². The summed E-state index contributed by atoms with van der Waals surface area (Å²) in [6.45, 7) is 1.90. The molecular formula is C11H15NO. The van der Waals surface area contributed by atoms with Gasteiger partial charge in [0, 0.05) is 19.3 Å². The van der Waals surface area contributed by atoms with Crippen LogP contribution in [0, 0.1) is 0 Å². The molecular weight excluding hydrogens is 162 g/mol. The summed E-state index contributed by atoms with van der Waals surface area (Å²) in [5, 5.41) is 3.38. The summed E-state index contributed by atoms with van der Waals surface area (Å²) < 4.78 is 5.09. The molecule has 1 aliphatic heterocycles. The summed E-state index contributed by atoms with van der Waals surface area (Å²) >= 11 is 0. The third-order valence-corrected chi connectivity index (χ3v) is 2.54. The van der Waals surface area contributed by atoms with Crippen molar-refractivity contribution in [2.45, 2.75) is 12.8 Å². The Labute approximate surface area is 78.9 Å². The first-order valence-corrected chi connectivity index (χ1v) is 4.75. The van der Waals surface area contributed by atoms with Crippen molar-refractivity contribution in [2.24, 2.45) is 0 Å². The fourth-order valence-electron chi connectivity index (χ4n) is 1.86. The van der Waals surface area contributed by atoms with Crippen LogP contribution < -0.4 is 5.32 Å². The second-order valence-electron chi connectivity index (χ2n) is 3.36. The third-order valence-electron chi connectivity index (χ3n) is 2.54. The Kier molecular flexibility index (Phi) is 2.50. The first-order valence-electron chi connectivity index (χ1n) is 4.75. The second-order valence-corrected chi connectivity index (χ2v) is 3.36. The van der Waals surface area contributed by atoms with Gasteiger partial charge in [-0.25, -0.2) is 0 Å². The minimum absolute atomic E-state index is 0.816. The van der Waals surface area contributed by atoms with Crippen LogP contribution in [0.4, 0.5) is 5.69 Å². The summed E-state index contributed by atoms with van der Waals surface area (Å²) in [6.07, 6.45) is 2.19. The molecule has 0 radical (unpaired) electrons. The molecule has 0 saturated heterocycles. The SMILES string of the molecule is COCCc1cccc2c1CCN2. The monoisotopic (exact) mass is 177 g/mol. The van der Waals surface area contributed by atoms with Crippen molar-refractivity contribution < 1.29 is 4.74 Å². The van der Waals surface area contributed by atoms with Crippen molar-refractivity contribution in [3.05, 3.63) is 29.3 Å². The average Bonchev–Trinajstić information content (AvgIpc) is 2.62. The predicted molar refractivity (Wildman–Crippen MR) is 54.2 cm³/mol. The summed E-state index contributed by atoms with van der Waals surface area (Å²) in [7, 11) is 1.75. The van der Waals surface area contributed by atoms with E-state index in [1.54, 1.807) is 7.11 Å². The van der Waals surface area contributed by atoms with E-state index < -0.39 is 0 Å². The largest absolute Gasteiger partial charge is 0.384 e. The third kappa shape index (κ3) is 1.68. The standard InChI is InChI=1S/C11H15NO/c1-13-8-6-9-3-2-4-11-10(9)5-7-12-11/h2-4,12H,5-8H2,1H3. The molecule has 0 unspecified atom stereocenters. The maximum atomic E-state index is 5.09. The average molecular weight is 177 g/mol. The first-order chi connectivity index (χ1) is 6.42. The van der Waals surface area contributed by atoms with Gasteiger partial charge in [-0.05, 0) is 30.0 Å². The van der Waals surface area contributed by atoms with Crippen LogP contribution in [0.3, 0.4) is 0 Å². The molecule has 13 heavy (non-hydrogen) atoms. The molecule has 70 valence electrons. The zero-order valence-corrected chi connectivity index (χ0v) is 7.97. The Morgan fingerprint density at radius 1 is 1.46 bits per heavy atom. The van der Waals surface area contributed by atoms with Crippen molar-refractivity contribution in [1.82, 2.24) is 0 Å². The lowest BCUT2D eigenvalue weighted by molar-refractivity contribution is 0.202. The lowest BCUT2D eigenvalue weighted by Crippen LogP contribution is -1.97. The number of anilines is 1. The Bertz CT molecular complexity index is 296. The summed E-state index contributed by atoms with van der Waals surface area (Å²) in [4.78, 5) is 0. The lowest BCUT2D eigenvalue weighted by Gasteiger charge is -2.06. The minimum atomic E-state index is 0.816. The fourth-order valence-corrected chi connectivity index (χ4v) is 1.86. The number of methoxy groups -OCH3 is 1. The highest BCUT2D eigenvalue weighted by atomic mass is 16.5. The van der Waals surface area contributed by atoms with Crippen LogP contribution in [0.15, 0.2) is 18.2 Å². The number of hydrogen-bond donors (Lipinski definition) is 1. The second kappa shape index (κ2) is 3.79. The number of nitrogens with one attached hydrogen (secondary N) is 1. The fraction of sp³-hybridized carbons (Fsp3) is 0.455. The van der Waals surface area contributed by atoms with Gasteiger partial charge in [0.15, 0.2) is 0 Å². The predicted octanol–water partition coefficient (Wildman–Crippen LogP) is 1.84. The van der Waals surface area contributed by atoms with Crippen molar-refractivity contribution in [2.75, 3.05) is 25.6 Å². The molecule has 1 aromatic carbocycles. The van der Waals surface area contributed by atoms with E-state index in [-0.39, 0.29) is 0 Å². The van der Waals surface area contributed by atoms with Gasteiger partial charge < -0.3 is 10.1 Å². The van der Waals surface area contributed by atoms with Gasteiger partial charge in [0.05, 0.1) is 6.61 Å². The van der Waals surface area contributed by atoms with E-state index in [1.165, 1.54) is 16.8 Å². The zero-order chi connectivity index (χ0) is 9.10. The van der Waals surface area contributed by atoms with E-state index in [0.717, 1.165) is 26.0 Å². The molecule has 0 atom stereocenters. The number of hydrogen-bond acceptors (Lipinski definition) is 2. The van der Waals surface area contributed by atoms with Crippen LogP contribution in [-0.2, 0) is 17.6 Å². The molecule has 1 aromatic rings. The molecule has 0 amide bonds. The molecule has 2 nitrogen and oxygen atoms in total. The first kappa shape index (κ1) is 8.57. The molecule has 2 heteroatoms. The van der Waals surface area contributed by atoms with Crippen LogP contribution in [-0.4, -0.2) is 20.3 Å². The number of benzene rings is 1. The quantitative estimate of drug-likeness (QED) is 0.760. The molecule has 0 fully saturated rings. The van der Waals surface area contributed by atoms with E-state index in [1.807, 2.05) is 0 Å². The van der Waals surface area contributed by atoms with Gasteiger partial charge in [-0.1, -0.05) is 12.1 Å². The van der Waals surface area contributed by atoms with Gasteiger partial charge in [0.2, 0.25) is 0 Å². The molecule has 0 spiro atoms. The molecule has 0 aliphatic carbocycles. The highest BCUT2D eigenvalue weighted by Crippen LogP contribution is 2.25. The highest BCUT2D eigenvalue weighted by Gasteiger charge is 2.12. The molecule has 1 N–H and O–H groups in total. The van der Waals surface area contributed by atoms with Gasteiger partial charge in [-0.2, -0.15) is 0 Å². The summed E-state index contributed by atoms with van der Waals surface area (Å²) in [5.74, 6) is 0. The maximum absolute atomic E-state index is 5.09. The Morgan fingerprint density at radius 2 is 2.38 bits per heavy atom. The van der Waals surface area contributed by atoms with Crippen LogP contribution in [0.5, 0.6) is 0 Å². The van der Waals surface area contributed by atoms with Gasteiger partial charge in [-0.15, -0.1) is 0 Å². The van der Waals surface area contributed by atoms with Crippen LogP contribution in [0.25, 0.3) is 0 Å². The van der Waals surface area contributed by atoms with Crippen molar-refractivity contribution >= 4 is 5.69 Å². The smallest absolute Gasteiger partial charge is 0.0502 e. The molecule has 0 aromatic heterocycles. The van der Waals surface area contributed by atoms with Crippen LogP contribution >= 0.6 is 0 Å². The molecule has 0 saturated carbocycles. The Morgan fingerprint density at radius 3 is 3.23 bits per heavy atom. The van der Waals surface area contributed by atoms with Gasteiger partial charge >= 0.3 is 0 Å². The Hall–Kier alpha value is -1.02. The van der Waals surface area contributed by atoms with Crippen molar-refractivity contribution in [3.8, 4) is 0 Å². The van der Waals surface area contributed by atoms with E-state index in [9.17, 15) is 0 Å². The number of rotatable bonds is 3. The summed E-state index contributed by atoms with van der Waals surface area (Å²) in [6, 6.07) is 6.46. The molecule has 1 aliphatic rings. The van der Waals surface area contributed by atoms with Crippen LogP contribution in [0.2, 0.25) is 0 Å². The highest BCUT2D eigenvalue weighted by molar-refractivity contribution is 5.58. The van der Waals surface area contributed by atoms with Gasteiger partial charge in [0.25, 0.3) is 0 Å². The van der Waals surface area contributed by atoms with Gasteiger partial charge in [-0.3, -0.25) is 0 Å². The van der Waals surface area contributed by atoms with Crippen molar-refractivity contribution in [1.29, 1.82) is 0 Å². The number of fused-ring (bicyclic) bond motifs is 1. The Balaban J connectivity index is 2.20. The molecule has 1 heterocycles. The van der Waals surface area contributed by atoms with Crippen molar-refractivity contribution in [3.63, 3.8) is 0 Å².